The van der Waals surface area contributed by atoms with Crippen LogP contribution < -0.4 is 11.1 Å². The summed E-state index contributed by atoms with van der Waals surface area (Å²) in [4.78, 5) is 13.2. The molecule has 6 heteroatoms. The van der Waals surface area contributed by atoms with Gasteiger partial charge in [0.25, 0.3) is 0 Å². The molecule has 0 bridgehead atoms. The van der Waals surface area contributed by atoms with Gasteiger partial charge in [0.15, 0.2) is 0 Å². The molecule has 0 aliphatic heterocycles. The van der Waals surface area contributed by atoms with E-state index in [-0.39, 0.29) is 29.6 Å². The summed E-state index contributed by atoms with van der Waals surface area (Å²) in [6.07, 6.45) is 3.14. The molecule has 1 rings (SSSR count). The largest absolute Gasteiger partial charge is 0.351 e. The smallest absolute Gasteiger partial charge is 0.233 e. The first-order valence-corrected chi connectivity index (χ1v) is 8.25. The second kappa shape index (κ2) is 11.2. The number of unbranched alkanes of at least 4 members (excludes halogenated alkanes) is 1. The molecule has 1 amide bonds. The van der Waals surface area contributed by atoms with Gasteiger partial charge in [-0.15, -0.1) is 24.2 Å². The van der Waals surface area contributed by atoms with Crippen LogP contribution in [0.2, 0.25) is 5.02 Å². The van der Waals surface area contributed by atoms with Crippen molar-refractivity contribution < 1.29 is 4.79 Å². The Morgan fingerprint density at radius 3 is 2.52 bits per heavy atom. The van der Waals surface area contributed by atoms with E-state index in [1.165, 1.54) is 11.8 Å². The van der Waals surface area contributed by atoms with Gasteiger partial charge < -0.3 is 11.1 Å². The van der Waals surface area contributed by atoms with Crippen LogP contribution in [0.4, 0.5) is 0 Å². The number of halogens is 2. The van der Waals surface area contributed by atoms with E-state index >= 15 is 0 Å². The van der Waals surface area contributed by atoms with Crippen molar-refractivity contribution in [2.45, 2.75) is 49.3 Å². The van der Waals surface area contributed by atoms with E-state index in [0.29, 0.717) is 11.6 Å². The topological polar surface area (TPSA) is 55.1 Å². The predicted molar refractivity (Wildman–Crippen MR) is 94.5 cm³/mol. The lowest BCUT2D eigenvalue weighted by atomic mass is 10.1. The van der Waals surface area contributed by atoms with Crippen LogP contribution in [0.3, 0.4) is 0 Å². The summed E-state index contributed by atoms with van der Waals surface area (Å²) in [5.74, 6) is 0.0384. The molecule has 0 aromatic heterocycles. The quantitative estimate of drug-likeness (QED) is 0.699. The van der Waals surface area contributed by atoms with Crippen molar-refractivity contribution in [3.63, 3.8) is 0 Å². The van der Waals surface area contributed by atoms with Gasteiger partial charge in [-0.3, -0.25) is 4.79 Å². The number of benzene rings is 1. The van der Waals surface area contributed by atoms with Gasteiger partial charge in [-0.1, -0.05) is 31.4 Å². The number of hydrogen-bond acceptors (Lipinski definition) is 3. The van der Waals surface area contributed by atoms with Crippen LogP contribution >= 0.6 is 35.8 Å². The average molecular weight is 351 g/mol. The number of nitrogens with one attached hydrogen (secondary N) is 1. The van der Waals surface area contributed by atoms with Crippen LogP contribution in [0.15, 0.2) is 29.2 Å². The molecule has 0 fully saturated rings. The molecule has 120 valence electrons. The summed E-state index contributed by atoms with van der Waals surface area (Å²) in [6.45, 7) is 4.53. The normalized spacial score (nSPS) is 13.1. The molecule has 0 saturated carbocycles. The summed E-state index contributed by atoms with van der Waals surface area (Å²) in [6, 6.07) is 7.59. The number of amides is 1. The molecule has 21 heavy (non-hydrogen) atoms. The fourth-order valence-corrected chi connectivity index (χ4v) is 2.79. The van der Waals surface area contributed by atoms with Crippen LogP contribution in [0, 0.1) is 0 Å². The van der Waals surface area contributed by atoms with Crippen molar-refractivity contribution in [2.24, 2.45) is 5.73 Å². The minimum Gasteiger partial charge on any atom is -0.351 e. The molecule has 0 spiro atoms. The lowest BCUT2D eigenvalue weighted by molar-refractivity contribution is -0.121. The summed E-state index contributed by atoms with van der Waals surface area (Å²) < 4.78 is 0. The summed E-state index contributed by atoms with van der Waals surface area (Å²) in [7, 11) is 0. The van der Waals surface area contributed by atoms with E-state index < -0.39 is 0 Å². The Morgan fingerprint density at radius 1 is 1.38 bits per heavy atom. The van der Waals surface area contributed by atoms with E-state index in [1.807, 2.05) is 31.2 Å². The molecule has 3 N–H and O–H groups in total. The minimum absolute atomic E-state index is 0. The van der Waals surface area contributed by atoms with Gasteiger partial charge in [-0.05, 0) is 37.6 Å². The monoisotopic (exact) mass is 350 g/mol. The predicted octanol–water partition coefficient (Wildman–Crippen LogP) is 3.88. The number of rotatable bonds is 8. The Hall–Kier alpha value is -0.420. The zero-order valence-corrected chi connectivity index (χ0v) is 14.9. The second-order valence-corrected chi connectivity index (χ2v) is 6.65. The van der Waals surface area contributed by atoms with E-state index in [1.54, 1.807) is 0 Å². The molecule has 3 nitrogen and oxygen atoms in total. The fourth-order valence-electron chi connectivity index (χ4n) is 1.79. The zero-order valence-electron chi connectivity index (χ0n) is 12.5. The van der Waals surface area contributed by atoms with E-state index in [9.17, 15) is 4.79 Å². The first-order chi connectivity index (χ1) is 9.56. The number of hydrogen-bond donors (Lipinski definition) is 2. The van der Waals surface area contributed by atoms with Gasteiger partial charge in [0, 0.05) is 22.5 Å². The van der Waals surface area contributed by atoms with Crippen molar-refractivity contribution in [3.05, 3.63) is 29.3 Å². The molecule has 0 radical (unpaired) electrons. The summed E-state index contributed by atoms with van der Waals surface area (Å²) in [5, 5.41) is 3.58. The molecule has 0 aliphatic carbocycles. The molecule has 2 atom stereocenters. The molecule has 2 unspecified atom stereocenters. The first-order valence-electron chi connectivity index (χ1n) is 6.99. The highest BCUT2D eigenvalue weighted by atomic mass is 35.5. The van der Waals surface area contributed by atoms with Crippen molar-refractivity contribution in [3.8, 4) is 0 Å². The van der Waals surface area contributed by atoms with Crippen molar-refractivity contribution in [2.75, 3.05) is 6.54 Å². The van der Waals surface area contributed by atoms with E-state index in [0.717, 1.165) is 24.2 Å². The SMILES string of the molecule is CCCCC(CN)NC(=O)C(C)Sc1ccc(Cl)cc1.Cl. The third-order valence-corrected chi connectivity index (χ3v) is 4.40. The maximum Gasteiger partial charge on any atom is 0.233 e. The molecular formula is C15H24Cl2N2OS. The summed E-state index contributed by atoms with van der Waals surface area (Å²) >= 11 is 7.37. The third kappa shape index (κ3) is 7.96. The van der Waals surface area contributed by atoms with E-state index in [2.05, 4.69) is 12.2 Å². The Labute approximate surface area is 142 Å². The molecule has 1 aromatic rings. The Bertz CT molecular complexity index is 415. The molecule has 0 aliphatic rings. The number of nitrogens with two attached hydrogens (primary N) is 1. The van der Waals surface area contributed by atoms with Crippen molar-refractivity contribution in [1.29, 1.82) is 0 Å². The lowest BCUT2D eigenvalue weighted by Crippen LogP contribution is -2.43. The van der Waals surface area contributed by atoms with Crippen molar-refractivity contribution in [1.82, 2.24) is 5.32 Å². The van der Waals surface area contributed by atoms with Gasteiger partial charge in [0.2, 0.25) is 5.91 Å². The lowest BCUT2D eigenvalue weighted by Gasteiger charge is -2.19. The van der Waals surface area contributed by atoms with Crippen LogP contribution in [0.25, 0.3) is 0 Å². The van der Waals surface area contributed by atoms with Gasteiger partial charge in [-0.2, -0.15) is 0 Å². The number of carbonyl (C=O) groups is 1. The van der Waals surface area contributed by atoms with Crippen LogP contribution in [0.5, 0.6) is 0 Å². The number of carbonyl (C=O) groups excluding carboxylic acids is 1. The Balaban J connectivity index is 0.00000400. The summed E-state index contributed by atoms with van der Waals surface area (Å²) in [5.41, 5.74) is 5.70. The Kier molecular flexibility index (Phi) is 11.0. The van der Waals surface area contributed by atoms with Gasteiger partial charge in [0.1, 0.15) is 0 Å². The highest BCUT2D eigenvalue weighted by molar-refractivity contribution is 8.00. The second-order valence-electron chi connectivity index (χ2n) is 4.80. The number of thioether (sulfide) groups is 1. The van der Waals surface area contributed by atoms with Gasteiger partial charge in [0.05, 0.1) is 5.25 Å². The molecule has 0 heterocycles. The maximum atomic E-state index is 12.1. The highest BCUT2D eigenvalue weighted by Gasteiger charge is 2.17. The van der Waals surface area contributed by atoms with Crippen LogP contribution in [-0.4, -0.2) is 23.7 Å². The minimum atomic E-state index is -0.146. The average Bonchev–Trinajstić information content (AvgIpc) is 2.45. The third-order valence-electron chi connectivity index (χ3n) is 3.03. The van der Waals surface area contributed by atoms with Crippen LogP contribution in [0.1, 0.15) is 33.1 Å². The van der Waals surface area contributed by atoms with Gasteiger partial charge >= 0.3 is 0 Å². The Morgan fingerprint density at radius 2 is 2.00 bits per heavy atom. The standard InChI is InChI=1S/C15H23ClN2OS.ClH/c1-3-4-5-13(10-17)18-15(19)11(2)20-14-8-6-12(16)7-9-14;/h6-9,11,13H,3-5,10,17H2,1-2H3,(H,18,19);1H. The van der Waals surface area contributed by atoms with Crippen LogP contribution in [-0.2, 0) is 4.79 Å². The van der Waals surface area contributed by atoms with E-state index in [4.69, 9.17) is 17.3 Å². The fraction of sp³-hybridized carbons (Fsp3) is 0.533. The van der Waals surface area contributed by atoms with Crippen molar-refractivity contribution >= 4 is 41.7 Å². The zero-order chi connectivity index (χ0) is 15.0. The first kappa shape index (κ1) is 20.6. The maximum absolute atomic E-state index is 12.1. The van der Waals surface area contributed by atoms with Gasteiger partial charge in [-0.25, -0.2) is 0 Å². The molecular weight excluding hydrogens is 327 g/mol. The molecule has 0 saturated heterocycles. The molecule has 1 aromatic carbocycles. The highest BCUT2D eigenvalue weighted by Crippen LogP contribution is 2.24.